The van der Waals surface area contributed by atoms with Crippen molar-refractivity contribution in [2.45, 2.75) is 121 Å². The standard InChI is InChI=1S/C6H9N3O2.C6H14N2O2.2C6H13NO2.C5H9NO4.2C3H7NO3.C2H5NO2/c7-5(6(10)11)1-4-2-8-3-9-4;7-4-2-1-3-5(8)6(9)10;1-4(2)3-5(7)6(8)9;1-3-4(2)5(7)6(8)9;6-3(5(9)10)1-2-4(7)8;2*4-2(1-5)3(6)7;3-1-2(4)5/h2-3,5H,1,7H2,(H,8,9)(H,10,11);5H,1-4,7-8H2,(H,9,10);2*4-5H,3,7H2,1-2H3,(H,8,9);3H,1-2,6H2,(H,7,8)(H,9,10);2*2,5H,1,4H2,(H,6,7);1,3H2,(H,4,5)/t3*5-;4-,5-;3-;2*2-;/m0000000./s1. The van der Waals surface area contributed by atoms with Gasteiger partial charge in [-0.15, -0.1) is 0 Å². The molecule has 0 amide bonds. The van der Waals surface area contributed by atoms with E-state index in [9.17, 15) is 43.2 Å². The Morgan fingerprint density at radius 3 is 1.15 bits per heavy atom. The number of aliphatic carboxylic acids is 9. The van der Waals surface area contributed by atoms with Gasteiger partial charge in [0.15, 0.2) is 0 Å². The van der Waals surface area contributed by atoms with Gasteiger partial charge in [-0.05, 0) is 44.1 Å². The molecular formula is C37H77N11O20. The number of nitrogens with one attached hydrogen (secondary N) is 1. The smallest absolute Gasteiger partial charge is 0.322 e. The molecule has 0 unspecified atom stereocenters. The lowest BCUT2D eigenvalue weighted by molar-refractivity contribution is -0.141. The van der Waals surface area contributed by atoms with Crippen molar-refractivity contribution in [3.63, 3.8) is 0 Å². The molecule has 0 bridgehead atoms. The van der Waals surface area contributed by atoms with Crippen LogP contribution in [0.3, 0.4) is 0 Å². The first kappa shape index (κ1) is 76.3. The van der Waals surface area contributed by atoms with Gasteiger partial charge in [0.1, 0.15) is 42.3 Å². The van der Waals surface area contributed by atoms with Gasteiger partial charge in [0.05, 0.1) is 26.1 Å². The van der Waals surface area contributed by atoms with Gasteiger partial charge in [-0.3, -0.25) is 43.2 Å². The van der Waals surface area contributed by atoms with E-state index in [-0.39, 0.29) is 31.7 Å². The van der Waals surface area contributed by atoms with Crippen molar-refractivity contribution in [3.05, 3.63) is 18.2 Å². The van der Waals surface area contributed by atoms with Crippen LogP contribution in [-0.4, -0.2) is 188 Å². The van der Waals surface area contributed by atoms with E-state index >= 15 is 0 Å². The van der Waals surface area contributed by atoms with Crippen molar-refractivity contribution >= 4 is 53.7 Å². The van der Waals surface area contributed by atoms with E-state index in [4.69, 9.17) is 102 Å². The van der Waals surface area contributed by atoms with Gasteiger partial charge in [0.25, 0.3) is 0 Å². The summed E-state index contributed by atoms with van der Waals surface area (Å²) in [6.07, 6.45) is 6.64. The maximum Gasteiger partial charge on any atom is 0.322 e. The lowest BCUT2D eigenvalue weighted by atomic mass is 10.0. The number of aliphatic hydroxyl groups is 2. The number of carbonyl (C=O) groups is 9. The number of carboxylic acids is 9. The molecule has 0 spiro atoms. The predicted molar refractivity (Wildman–Crippen MR) is 241 cm³/mol. The first-order valence-electron chi connectivity index (χ1n) is 20.1. The lowest BCUT2D eigenvalue weighted by Gasteiger charge is -2.11. The van der Waals surface area contributed by atoms with E-state index in [1.165, 1.54) is 6.33 Å². The maximum atomic E-state index is 10.3. The van der Waals surface area contributed by atoms with Gasteiger partial charge in [0, 0.05) is 24.7 Å². The Morgan fingerprint density at radius 2 is 0.941 bits per heavy atom. The Hall–Kier alpha value is -6.00. The van der Waals surface area contributed by atoms with Crippen LogP contribution in [0.5, 0.6) is 0 Å². The second-order valence-corrected chi connectivity index (χ2v) is 14.0. The third-order valence-corrected chi connectivity index (χ3v) is 7.37. The highest BCUT2D eigenvalue weighted by Crippen LogP contribution is 2.04. The van der Waals surface area contributed by atoms with E-state index in [1.807, 2.05) is 27.7 Å². The fourth-order valence-corrected chi connectivity index (χ4v) is 3.02. The Morgan fingerprint density at radius 1 is 0.559 bits per heavy atom. The summed E-state index contributed by atoms with van der Waals surface area (Å²) in [5.74, 6) is -8.85. The van der Waals surface area contributed by atoms with Crippen molar-refractivity contribution in [3.8, 4) is 0 Å². The molecule has 0 aliphatic heterocycles. The zero-order valence-electron chi connectivity index (χ0n) is 38.6. The third kappa shape index (κ3) is 60.0. The molecule has 0 radical (unpaired) electrons. The number of aromatic nitrogens is 2. The second-order valence-electron chi connectivity index (χ2n) is 14.0. The first-order chi connectivity index (χ1) is 31.2. The monoisotopic (exact) mass is 996 g/mol. The van der Waals surface area contributed by atoms with Crippen LogP contribution in [0.4, 0.5) is 0 Å². The number of rotatable bonds is 23. The van der Waals surface area contributed by atoms with Crippen LogP contribution in [0, 0.1) is 11.8 Å². The number of aromatic amines is 1. The number of carboxylic acid groups (broad SMARTS) is 9. The molecule has 0 aliphatic rings. The zero-order valence-corrected chi connectivity index (χ0v) is 38.6. The number of aliphatic hydroxyl groups excluding tert-OH is 2. The number of unbranched alkanes of at least 4 members (excludes halogenated alkanes) is 1. The number of nitrogens with two attached hydrogens (primary N) is 9. The molecule has 0 saturated carbocycles. The third-order valence-electron chi connectivity index (χ3n) is 7.37. The summed E-state index contributed by atoms with van der Waals surface area (Å²) >= 11 is 0. The van der Waals surface area contributed by atoms with Crippen molar-refractivity contribution < 1.29 is 99.3 Å². The van der Waals surface area contributed by atoms with Crippen LogP contribution < -0.4 is 51.6 Å². The normalized spacial score (nSPS) is 13.2. The van der Waals surface area contributed by atoms with E-state index in [0.29, 0.717) is 25.3 Å². The first-order valence-corrected chi connectivity index (χ1v) is 20.1. The highest BCUT2D eigenvalue weighted by molar-refractivity contribution is 5.76. The summed E-state index contributed by atoms with van der Waals surface area (Å²) in [6.45, 7) is 6.97. The van der Waals surface area contributed by atoms with Crippen LogP contribution in [0.15, 0.2) is 12.5 Å². The van der Waals surface area contributed by atoms with Crippen LogP contribution in [0.1, 0.15) is 78.3 Å². The molecule has 1 aromatic heterocycles. The van der Waals surface area contributed by atoms with Crippen LogP contribution in [0.25, 0.3) is 0 Å². The number of H-pyrrole nitrogens is 1. The van der Waals surface area contributed by atoms with Crippen molar-refractivity contribution in [2.24, 2.45) is 63.4 Å². The van der Waals surface area contributed by atoms with E-state index in [2.05, 4.69) is 15.7 Å². The summed E-state index contributed by atoms with van der Waals surface area (Å²) in [4.78, 5) is 95.6. The number of hydrogen-bond donors (Lipinski definition) is 21. The fourth-order valence-electron chi connectivity index (χ4n) is 3.02. The minimum atomic E-state index is -1.18. The van der Waals surface area contributed by atoms with E-state index in [0.717, 1.165) is 25.0 Å². The molecule has 0 saturated heterocycles. The molecule has 1 heterocycles. The van der Waals surface area contributed by atoms with Crippen molar-refractivity contribution in [1.29, 1.82) is 0 Å². The Balaban J connectivity index is -0.000000126. The van der Waals surface area contributed by atoms with E-state index in [1.54, 1.807) is 6.20 Å². The maximum absolute atomic E-state index is 10.3. The Bertz CT molecular complexity index is 1490. The predicted octanol–water partition coefficient (Wildman–Crippen LogP) is -5.15. The number of hydrogen-bond acceptors (Lipinski definition) is 21. The molecule has 31 heteroatoms. The minimum Gasteiger partial charge on any atom is -0.481 e. The molecule has 0 fully saturated rings. The molecule has 68 heavy (non-hydrogen) atoms. The van der Waals surface area contributed by atoms with Crippen molar-refractivity contribution in [1.82, 2.24) is 9.97 Å². The number of nitrogens with zero attached hydrogens (tertiary/aromatic N) is 1. The van der Waals surface area contributed by atoms with Crippen LogP contribution >= 0.6 is 0 Å². The fraction of sp³-hybridized carbons (Fsp3) is 0.676. The van der Waals surface area contributed by atoms with E-state index < -0.39 is 109 Å². The van der Waals surface area contributed by atoms with Gasteiger partial charge in [-0.25, -0.2) is 4.98 Å². The second kappa shape index (κ2) is 48.9. The topological polar surface area (TPSA) is 639 Å². The molecule has 1 rings (SSSR count). The van der Waals surface area contributed by atoms with Crippen molar-refractivity contribution in [2.75, 3.05) is 26.3 Å². The zero-order chi connectivity index (χ0) is 55.3. The summed E-state index contributed by atoms with van der Waals surface area (Å²) in [7, 11) is 0. The highest BCUT2D eigenvalue weighted by Gasteiger charge is 2.17. The molecule has 0 aromatic carbocycles. The summed E-state index contributed by atoms with van der Waals surface area (Å²) < 4.78 is 0. The summed E-state index contributed by atoms with van der Waals surface area (Å²) in [5, 5.41) is 89.1. The molecule has 1 aromatic rings. The SMILES string of the molecule is CC(C)C[C@H](N)C(=O)O.CC[C@H](C)[C@H](N)C(=O)O.NCC(=O)O.NCCCC[C@H](N)C(=O)O.N[C@@H](CCC(=O)O)C(=O)O.N[C@@H](CO)C(=O)O.N[C@@H](CO)C(=O)O.N[C@@H](Cc1cnc[nH]1)C(=O)O. The average Bonchev–Trinajstić information content (AvgIpc) is 3.78. The molecule has 8 atom stereocenters. The highest BCUT2D eigenvalue weighted by atomic mass is 16.4. The van der Waals surface area contributed by atoms with Gasteiger partial charge >= 0.3 is 53.7 Å². The largest absolute Gasteiger partial charge is 0.481 e. The lowest BCUT2D eigenvalue weighted by Crippen LogP contribution is -2.36. The molecule has 0 aliphatic carbocycles. The number of imidazole rings is 1. The molecule has 31 nitrogen and oxygen atoms in total. The minimum absolute atomic E-state index is 0.0231. The molecule has 400 valence electrons. The summed E-state index contributed by atoms with van der Waals surface area (Å²) in [5.41, 5.74) is 46.0. The van der Waals surface area contributed by atoms with Gasteiger partial charge in [0.2, 0.25) is 0 Å². The van der Waals surface area contributed by atoms with Gasteiger partial charge in [-0.2, -0.15) is 0 Å². The van der Waals surface area contributed by atoms with Gasteiger partial charge in [-0.1, -0.05) is 40.5 Å². The molecule has 30 N–H and O–H groups in total. The van der Waals surface area contributed by atoms with Crippen LogP contribution in [0.2, 0.25) is 0 Å². The molecular weight excluding hydrogens is 918 g/mol. The van der Waals surface area contributed by atoms with Crippen LogP contribution in [-0.2, 0) is 49.6 Å². The van der Waals surface area contributed by atoms with Gasteiger partial charge < -0.3 is 113 Å². The quantitative estimate of drug-likeness (QED) is 0.0456. The Labute approximate surface area is 392 Å². The summed E-state index contributed by atoms with van der Waals surface area (Å²) in [6, 6.07) is -6.27. The average molecular weight is 996 g/mol. The Kier molecular flexibility index (Phi) is 54.9.